The van der Waals surface area contributed by atoms with Gasteiger partial charge in [0.1, 0.15) is 11.5 Å². The fourth-order valence-corrected chi connectivity index (χ4v) is 3.87. The molecule has 0 saturated heterocycles. The first kappa shape index (κ1) is 21.1. The largest absolute Gasteiger partial charge is 0.457 e. The molecule has 0 aliphatic carbocycles. The van der Waals surface area contributed by atoms with Crippen molar-refractivity contribution in [3.8, 4) is 11.5 Å². The number of halogens is 1. The SMILES string of the molecule is CC1=C(C(=O)c2ccccc2)C(c2ccc(Oc3ccc(Cl)cc3)cc2)NC(=S)N1C. The van der Waals surface area contributed by atoms with Crippen molar-refractivity contribution in [3.05, 3.63) is 106 Å². The standard InChI is InChI=1S/C25H21ClN2O2S/c1-16-22(24(29)18-6-4-3-5-7-18)23(27-25(31)28(16)2)17-8-12-20(13-9-17)30-21-14-10-19(26)11-15-21/h3-15,23H,1-2H3,(H,27,31). The summed E-state index contributed by atoms with van der Waals surface area (Å²) in [6.45, 7) is 1.92. The molecule has 0 fully saturated rings. The van der Waals surface area contributed by atoms with Gasteiger partial charge < -0.3 is 15.0 Å². The molecule has 0 amide bonds. The molecule has 0 spiro atoms. The van der Waals surface area contributed by atoms with E-state index in [0.29, 0.717) is 32.8 Å². The summed E-state index contributed by atoms with van der Waals surface area (Å²) in [7, 11) is 1.86. The molecule has 1 unspecified atom stereocenters. The van der Waals surface area contributed by atoms with Gasteiger partial charge in [0, 0.05) is 28.9 Å². The number of thiocarbonyl (C=S) groups is 1. The monoisotopic (exact) mass is 448 g/mol. The van der Waals surface area contributed by atoms with Gasteiger partial charge in [-0.1, -0.05) is 54.1 Å². The maximum absolute atomic E-state index is 13.4. The first-order chi connectivity index (χ1) is 14.9. The number of ketones is 1. The third-order valence-corrected chi connectivity index (χ3v) is 5.94. The van der Waals surface area contributed by atoms with Gasteiger partial charge in [0.05, 0.1) is 6.04 Å². The number of hydrogen-bond acceptors (Lipinski definition) is 3. The maximum Gasteiger partial charge on any atom is 0.193 e. The first-order valence-electron chi connectivity index (χ1n) is 9.82. The van der Waals surface area contributed by atoms with Crippen LogP contribution >= 0.6 is 23.8 Å². The van der Waals surface area contributed by atoms with Crippen molar-refractivity contribution in [1.29, 1.82) is 0 Å². The van der Waals surface area contributed by atoms with Crippen molar-refractivity contribution in [1.82, 2.24) is 10.2 Å². The number of carbonyl (C=O) groups is 1. The summed E-state index contributed by atoms with van der Waals surface area (Å²) in [6.07, 6.45) is 0. The Balaban J connectivity index is 1.65. The number of nitrogens with one attached hydrogen (secondary N) is 1. The lowest BCUT2D eigenvalue weighted by atomic mass is 9.89. The van der Waals surface area contributed by atoms with E-state index in [1.54, 1.807) is 12.1 Å². The number of hydrogen-bond donors (Lipinski definition) is 1. The molecule has 3 aromatic carbocycles. The van der Waals surface area contributed by atoms with Crippen molar-refractivity contribution < 1.29 is 9.53 Å². The Morgan fingerprint density at radius 3 is 2.16 bits per heavy atom. The average molecular weight is 449 g/mol. The molecule has 0 aromatic heterocycles. The van der Waals surface area contributed by atoms with Crippen molar-refractivity contribution in [2.75, 3.05) is 7.05 Å². The van der Waals surface area contributed by atoms with Gasteiger partial charge in [-0.25, -0.2) is 0 Å². The predicted molar refractivity (Wildman–Crippen MR) is 128 cm³/mol. The molecule has 4 nitrogen and oxygen atoms in total. The van der Waals surface area contributed by atoms with Crippen LogP contribution in [0, 0.1) is 0 Å². The van der Waals surface area contributed by atoms with Crippen molar-refractivity contribution in [2.45, 2.75) is 13.0 Å². The fourth-order valence-electron chi connectivity index (χ4n) is 3.49. The van der Waals surface area contributed by atoms with E-state index in [1.165, 1.54) is 0 Å². The lowest BCUT2D eigenvalue weighted by Crippen LogP contribution is -2.45. The Morgan fingerprint density at radius 1 is 0.968 bits per heavy atom. The minimum absolute atomic E-state index is 0.0218. The van der Waals surface area contributed by atoms with Gasteiger partial charge in [-0.3, -0.25) is 4.79 Å². The van der Waals surface area contributed by atoms with Crippen LogP contribution in [0.5, 0.6) is 11.5 Å². The van der Waals surface area contributed by atoms with E-state index in [4.69, 9.17) is 28.6 Å². The molecule has 4 rings (SSSR count). The predicted octanol–water partition coefficient (Wildman–Crippen LogP) is 6.15. The highest BCUT2D eigenvalue weighted by Gasteiger charge is 2.32. The Morgan fingerprint density at radius 2 is 1.55 bits per heavy atom. The molecule has 1 atom stereocenters. The number of Topliss-reactive ketones (excluding diaryl/α,β-unsaturated/α-hetero) is 1. The van der Waals surface area contributed by atoms with Crippen LogP contribution in [0.3, 0.4) is 0 Å². The van der Waals surface area contributed by atoms with Crippen molar-refractivity contribution in [3.63, 3.8) is 0 Å². The number of allylic oxidation sites excluding steroid dienone is 1. The minimum Gasteiger partial charge on any atom is -0.457 e. The van der Waals surface area contributed by atoms with Crippen LogP contribution in [0.25, 0.3) is 0 Å². The molecule has 1 N–H and O–H groups in total. The number of ether oxygens (including phenoxy) is 1. The smallest absolute Gasteiger partial charge is 0.193 e. The second-order valence-corrected chi connectivity index (χ2v) is 8.08. The maximum atomic E-state index is 13.4. The molecule has 156 valence electrons. The average Bonchev–Trinajstić information content (AvgIpc) is 2.79. The van der Waals surface area contributed by atoms with Gasteiger partial charge in [0.25, 0.3) is 0 Å². The van der Waals surface area contributed by atoms with Gasteiger partial charge in [0.2, 0.25) is 0 Å². The number of rotatable bonds is 5. The molecule has 31 heavy (non-hydrogen) atoms. The van der Waals surface area contributed by atoms with Crippen LogP contribution in [-0.2, 0) is 0 Å². The van der Waals surface area contributed by atoms with E-state index in [9.17, 15) is 4.79 Å². The Kier molecular flexibility index (Phi) is 6.07. The zero-order chi connectivity index (χ0) is 22.0. The van der Waals surface area contributed by atoms with Gasteiger partial charge in [0.15, 0.2) is 10.9 Å². The molecule has 0 saturated carbocycles. The summed E-state index contributed by atoms with van der Waals surface area (Å²) in [5, 5.41) is 4.55. The summed E-state index contributed by atoms with van der Waals surface area (Å²) < 4.78 is 5.89. The third-order valence-electron chi connectivity index (χ3n) is 5.30. The van der Waals surface area contributed by atoms with E-state index in [0.717, 1.165) is 11.3 Å². The second-order valence-electron chi connectivity index (χ2n) is 7.26. The highest BCUT2D eigenvalue weighted by molar-refractivity contribution is 7.80. The fraction of sp³-hybridized carbons (Fsp3) is 0.120. The lowest BCUT2D eigenvalue weighted by molar-refractivity contribution is 0.102. The van der Waals surface area contributed by atoms with Crippen LogP contribution < -0.4 is 10.1 Å². The topological polar surface area (TPSA) is 41.6 Å². The molecule has 1 aliphatic heterocycles. The summed E-state index contributed by atoms with van der Waals surface area (Å²) in [6, 6.07) is 23.8. The van der Waals surface area contributed by atoms with E-state index in [-0.39, 0.29) is 11.8 Å². The van der Waals surface area contributed by atoms with Crippen molar-refractivity contribution >= 4 is 34.7 Å². The van der Waals surface area contributed by atoms with Gasteiger partial charge in [-0.2, -0.15) is 0 Å². The quantitative estimate of drug-likeness (QED) is 0.374. The van der Waals surface area contributed by atoms with Crippen LogP contribution in [0.4, 0.5) is 0 Å². The van der Waals surface area contributed by atoms with E-state index < -0.39 is 0 Å². The Labute approximate surface area is 192 Å². The summed E-state index contributed by atoms with van der Waals surface area (Å²) >= 11 is 11.4. The highest BCUT2D eigenvalue weighted by atomic mass is 35.5. The molecule has 0 bridgehead atoms. The summed E-state index contributed by atoms with van der Waals surface area (Å²) in [5.74, 6) is 1.37. The van der Waals surface area contributed by atoms with Crippen LogP contribution in [0.1, 0.15) is 28.9 Å². The zero-order valence-electron chi connectivity index (χ0n) is 17.1. The molecule has 3 aromatic rings. The van der Waals surface area contributed by atoms with Crippen LogP contribution in [0.15, 0.2) is 90.1 Å². The van der Waals surface area contributed by atoms with Gasteiger partial charge in [-0.05, 0) is 61.1 Å². The van der Waals surface area contributed by atoms with Gasteiger partial charge >= 0.3 is 0 Å². The third kappa shape index (κ3) is 4.48. The molecular weight excluding hydrogens is 428 g/mol. The zero-order valence-corrected chi connectivity index (χ0v) is 18.7. The number of benzene rings is 3. The summed E-state index contributed by atoms with van der Waals surface area (Å²) in [5.41, 5.74) is 3.09. The normalized spacial score (nSPS) is 16.2. The molecular formula is C25H21ClN2O2S. The molecule has 1 heterocycles. The summed E-state index contributed by atoms with van der Waals surface area (Å²) in [4.78, 5) is 15.2. The Bertz CT molecular complexity index is 1140. The minimum atomic E-state index is -0.346. The molecule has 0 radical (unpaired) electrons. The van der Waals surface area contributed by atoms with Crippen molar-refractivity contribution in [2.24, 2.45) is 0 Å². The highest BCUT2D eigenvalue weighted by Crippen LogP contribution is 2.33. The van der Waals surface area contributed by atoms with Crippen LogP contribution in [-0.4, -0.2) is 22.8 Å². The van der Waals surface area contributed by atoms with E-state index in [2.05, 4.69) is 5.32 Å². The van der Waals surface area contributed by atoms with Crippen LogP contribution in [0.2, 0.25) is 5.02 Å². The molecule has 1 aliphatic rings. The second kappa shape index (κ2) is 8.92. The molecule has 6 heteroatoms. The lowest BCUT2D eigenvalue weighted by Gasteiger charge is -2.36. The number of carbonyl (C=O) groups excluding carboxylic acids is 1. The Hall–Kier alpha value is -3.15. The number of nitrogens with zero attached hydrogens (tertiary/aromatic N) is 1. The van der Waals surface area contributed by atoms with E-state index >= 15 is 0 Å². The van der Waals surface area contributed by atoms with Gasteiger partial charge in [-0.15, -0.1) is 0 Å². The first-order valence-corrected chi connectivity index (χ1v) is 10.6. The van der Waals surface area contributed by atoms with E-state index in [1.807, 2.05) is 85.6 Å².